The molecule has 2 amide bonds. The Morgan fingerprint density at radius 3 is 2.42 bits per heavy atom. The summed E-state index contributed by atoms with van der Waals surface area (Å²) in [5.41, 5.74) is 4.15. The molecular formula is C34H39F4N3O2. The number of halogens is 4. The van der Waals surface area contributed by atoms with Crippen LogP contribution in [-0.2, 0) is 4.79 Å². The van der Waals surface area contributed by atoms with Crippen LogP contribution >= 0.6 is 0 Å². The van der Waals surface area contributed by atoms with E-state index in [0.717, 1.165) is 16.7 Å². The Labute approximate surface area is 250 Å². The van der Waals surface area contributed by atoms with Gasteiger partial charge in [0.2, 0.25) is 5.91 Å². The molecule has 0 bridgehead atoms. The molecule has 1 aliphatic carbocycles. The van der Waals surface area contributed by atoms with E-state index in [1.54, 1.807) is 24.0 Å². The van der Waals surface area contributed by atoms with Crippen LogP contribution in [0.25, 0.3) is 0 Å². The highest BCUT2D eigenvalue weighted by atomic mass is 19.4. The van der Waals surface area contributed by atoms with E-state index in [1.807, 2.05) is 50.3 Å². The van der Waals surface area contributed by atoms with Crippen molar-refractivity contribution in [2.45, 2.75) is 71.1 Å². The number of alkyl halides is 3. The summed E-state index contributed by atoms with van der Waals surface area (Å²) >= 11 is 0. The quantitative estimate of drug-likeness (QED) is 0.360. The van der Waals surface area contributed by atoms with Crippen molar-refractivity contribution >= 4 is 17.5 Å². The summed E-state index contributed by atoms with van der Waals surface area (Å²) in [4.78, 5) is 30.9. The Morgan fingerprint density at radius 2 is 1.74 bits per heavy atom. The average Bonchev–Trinajstić information content (AvgIpc) is 3.44. The molecule has 0 aromatic heterocycles. The number of piperidine rings is 1. The van der Waals surface area contributed by atoms with E-state index in [0.29, 0.717) is 50.0 Å². The van der Waals surface area contributed by atoms with Crippen LogP contribution in [0.3, 0.4) is 0 Å². The molecule has 5 nitrogen and oxygen atoms in total. The first kappa shape index (κ1) is 31.0. The van der Waals surface area contributed by atoms with Gasteiger partial charge < -0.3 is 10.2 Å². The van der Waals surface area contributed by atoms with Crippen molar-refractivity contribution < 1.29 is 27.2 Å². The first-order chi connectivity index (χ1) is 20.4. The third-order valence-electron chi connectivity index (χ3n) is 9.27. The SMILES string of the molecule is Cc1ccc(NC(=O)C2CCCN(C(=O)c3c(C)cccc3F)[C@H]2C2C=CC(CN3CCCC3C(F)(F)F)=CC2)cc1C. The highest BCUT2D eigenvalue weighted by Gasteiger charge is 2.46. The average molecular weight is 598 g/mol. The number of benzene rings is 2. The van der Waals surface area contributed by atoms with Crippen molar-refractivity contribution in [2.75, 3.05) is 25.0 Å². The second kappa shape index (κ2) is 12.6. The van der Waals surface area contributed by atoms with E-state index in [-0.39, 0.29) is 30.4 Å². The molecule has 4 atom stereocenters. The molecule has 2 aromatic carbocycles. The fourth-order valence-electron chi connectivity index (χ4n) is 6.84. The lowest BCUT2D eigenvalue weighted by atomic mass is 9.77. The maximum Gasteiger partial charge on any atom is 0.404 e. The third kappa shape index (κ3) is 6.71. The number of allylic oxidation sites excluding steroid dienone is 1. The highest BCUT2D eigenvalue weighted by molar-refractivity contribution is 5.98. The number of hydrogen-bond acceptors (Lipinski definition) is 3. The van der Waals surface area contributed by atoms with E-state index in [2.05, 4.69) is 5.32 Å². The predicted molar refractivity (Wildman–Crippen MR) is 159 cm³/mol. The molecule has 0 radical (unpaired) electrons. The van der Waals surface area contributed by atoms with Gasteiger partial charge in [-0.3, -0.25) is 14.5 Å². The van der Waals surface area contributed by atoms with Gasteiger partial charge in [0.15, 0.2) is 0 Å². The monoisotopic (exact) mass is 597 g/mol. The van der Waals surface area contributed by atoms with E-state index in [4.69, 9.17) is 0 Å². The summed E-state index contributed by atoms with van der Waals surface area (Å²) in [6.07, 6.45) is 3.66. The van der Waals surface area contributed by atoms with Crippen LogP contribution < -0.4 is 5.32 Å². The lowest BCUT2D eigenvalue weighted by molar-refractivity contribution is -0.174. The van der Waals surface area contributed by atoms with Gasteiger partial charge in [-0.15, -0.1) is 0 Å². The molecule has 5 rings (SSSR count). The van der Waals surface area contributed by atoms with Gasteiger partial charge in [-0.2, -0.15) is 13.2 Å². The molecule has 1 N–H and O–H groups in total. The van der Waals surface area contributed by atoms with Gasteiger partial charge in [-0.05, 0) is 99.9 Å². The Morgan fingerprint density at radius 1 is 0.977 bits per heavy atom. The maximum atomic E-state index is 15.0. The largest absolute Gasteiger partial charge is 0.404 e. The predicted octanol–water partition coefficient (Wildman–Crippen LogP) is 7.14. The van der Waals surface area contributed by atoms with E-state index >= 15 is 0 Å². The van der Waals surface area contributed by atoms with Crippen LogP contribution in [0.2, 0.25) is 0 Å². The molecule has 3 aliphatic rings. The number of likely N-dealkylation sites (tertiary alicyclic amines) is 2. The molecule has 0 spiro atoms. The standard InChI is InChI=1S/C34H39F4N3O2/c1-21-11-16-26(19-23(21)3)39-32(42)27-8-5-18-41(33(43)30-22(2)7-4-9-28(30)35)31(27)25-14-12-24(13-15-25)20-40-17-6-10-29(40)34(36,37)38/h4,7,9,11-14,16,19,25,27,29,31H,5-6,8,10,15,17-18,20H2,1-3H3,(H,39,42)/t25?,27?,29?,31-/m0/s1. The molecule has 9 heteroatoms. The first-order valence-electron chi connectivity index (χ1n) is 15.1. The molecule has 43 heavy (non-hydrogen) atoms. The molecule has 230 valence electrons. The summed E-state index contributed by atoms with van der Waals surface area (Å²) in [7, 11) is 0. The Balaban J connectivity index is 1.41. The molecule has 2 aliphatic heterocycles. The van der Waals surface area contributed by atoms with Gasteiger partial charge in [0.05, 0.1) is 17.5 Å². The van der Waals surface area contributed by atoms with Gasteiger partial charge in [0.25, 0.3) is 5.91 Å². The van der Waals surface area contributed by atoms with Crippen molar-refractivity contribution in [1.82, 2.24) is 9.80 Å². The highest BCUT2D eigenvalue weighted by Crippen LogP contribution is 2.37. The zero-order valence-corrected chi connectivity index (χ0v) is 24.9. The number of hydrogen-bond donors (Lipinski definition) is 1. The fourth-order valence-corrected chi connectivity index (χ4v) is 6.84. The minimum absolute atomic E-state index is 0.00552. The fraction of sp³-hybridized carbons (Fsp3) is 0.471. The Kier molecular flexibility index (Phi) is 9.11. The smallest absolute Gasteiger partial charge is 0.334 e. The van der Waals surface area contributed by atoms with Crippen LogP contribution in [0, 0.1) is 38.4 Å². The lowest BCUT2D eigenvalue weighted by Crippen LogP contribution is -2.55. The topological polar surface area (TPSA) is 52.7 Å². The van der Waals surface area contributed by atoms with Crippen LogP contribution in [0.4, 0.5) is 23.2 Å². The van der Waals surface area contributed by atoms with Crippen molar-refractivity contribution in [2.24, 2.45) is 11.8 Å². The van der Waals surface area contributed by atoms with E-state index in [1.165, 1.54) is 11.0 Å². The number of rotatable bonds is 6. The molecule has 2 fully saturated rings. The lowest BCUT2D eigenvalue weighted by Gasteiger charge is -2.44. The molecular weight excluding hydrogens is 558 g/mol. The second-order valence-electron chi connectivity index (χ2n) is 12.2. The first-order valence-corrected chi connectivity index (χ1v) is 15.1. The summed E-state index contributed by atoms with van der Waals surface area (Å²) in [5.74, 6) is -2.06. The number of carbonyl (C=O) groups is 2. The molecule has 2 aromatic rings. The molecule has 2 heterocycles. The zero-order chi connectivity index (χ0) is 30.9. The van der Waals surface area contributed by atoms with Crippen molar-refractivity contribution in [1.29, 1.82) is 0 Å². The number of amides is 2. The van der Waals surface area contributed by atoms with Crippen LogP contribution in [0.1, 0.15) is 59.2 Å². The molecule has 3 unspecified atom stereocenters. The van der Waals surface area contributed by atoms with Gasteiger partial charge in [-0.1, -0.05) is 36.4 Å². The molecule has 2 saturated heterocycles. The van der Waals surface area contributed by atoms with Crippen LogP contribution in [-0.4, -0.2) is 59.5 Å². The van der Waals surface area contributed by atoms with Crippen LogP contribution in [0.15, 0.2) is 60.2 Å². The van der Waals surface area contributed by atoms with Gasteiger partial charge in [0, 0.05) is 24.7 Å². The van der Waals surface area contributed by atoms with E-state index < -0.39 is 35.9 Å². The number of anilines is 1. The molecule has 0 saturated carbocycles. The minimum atomic E-state index is -4.26. The zero-order valence-electron chi connectivity index (χ0n) is 24.9. The Hall–Kier alpha value is -3.46. The van der Waals surface area contributed by atoms with Gasteiger partial charge in [0.1, 0.15) is 11.9 Å². The van der Waals surface area contributed by atoms with Gasteiger partial charge in [-0.25, -0.2) is 4.39 Å². The minimum Gasteiger partial charge on any atom is -0.334 e. The van der Waals surface area contributed by atoms with Crippen molar-refractivity contribution in [3.05, 3.63) is 88.3 Å². The van der Waals surface area contributed by atoms with Crippen molar-refractivity contribution in [3.63, 3.8) is 0 Å². The Bertz CT molecular complexity index is 1410. The number of nitrogens with one attached hydrogen (secondary N) is 1. The second-order valence-corrected chi connectivity index (χ2v) is 12.2. The number of nitrogens with zero attached hydrogens (tertiary/aromatic N) is 2. The van der Waals surface area contributed by atoms with Crippen LogP contribution in [0.5, 0.6) is 0 Å². The van der Waals surface area contributed by atoms with Crippen molar-refractivity contribution in [3.8, 4) is 0 Å². The summed E-state index contributed by atoms with van der Waals surface area (Å²) < 4.78 is 55.5. The van der Waals surface area contributed by atoms with Gasteiger partial charge >= 0.3 is 6.18 Å². The number of aryl methyl sites for hydroxylation is 3. The summed E-state index contributed by atoms with van der Waals surface area (Å²) in [6.45, 7) is 6.64. The number of carbonyl (C=O) groups excluding carboxylic acids is 2. The van der Waals surface area contributed by atoms with E-state index in [9.17, 15) is 27.2 Å². The maximum absolute atomic E-state index is 15.0. The normalized spacial score (nSPS) is 24.6. The third-order valence-corrected chi connectivity index (χ3v) is 9.27. The summed E-state index contributed by atoms with van der Waals surface area (Å²) in [6, 6.07) is 8.26. The summed E-state index contributed by atoms with van der Waals surface area (Å²) in [5, 5.41) is 3.04.